The van der Waals surface area contributed by atoms with E-state index in [2.05, 4.69) is 19.1 Å². The Morgan fingerprint density at radius 3 is 1.12 bits per heavy atom. The lowest BCUT2D eigenvalue weighted by atomic mass is 9.94. The van der Waals surface area contributed by atoms with Gasteiger partial charge in [-0.1, -0.05) is 180 Å². The van der Waals surface area contributed by atoms with Crippen molar-refractivity contribution in [3.63, 3.8) is 0 Å². The number of carboxylic acids is 1. The first-order valence-corrected chi connectivity index (χ1v) is 19.3. The summed E-state index contributed by atoms with van der Waals surface area (Å²) in [5, 5.41) is 27.8. The molecule has 2 unspecified atom stereocenters. The van der Waals surface area contributed by atoms with E-state index in [1.54, 1.807) is 0 Å². The van der Waals surface area contributed by atoms with Crippen molar-refractivity contribution in [2.24, 2.45) is 5.92 Å². The highest BCUT2D eigenvalue weighted by atomic mass is 16.4. The molecule has 3 N–H and O–H groups in total. The minimum absolute atomic E-state index is 0.107. The Morgan fingerprint density at radius 2 is 0.791 bits per heavy atom. The second kappa shape index (κ2) is 35.6. The van der Waals surface area contributed by atoms with Gasteiger partial charge >= 0.3 is 5.97 Å². The van der Waals surface area contributed by atoms with Crippen LogP contribution in [0.4, 0.5) is 0 Å². The maximum Gasteiger partial charge on any atom is 0.306 e. The number of rotatable bonds is 36. The zero-order chi connectivity index (χ0) is 31.5. The van der Waals surface area contributed by atoms with Gasteiger partial charge in [0, 0.05) is 0 Å². The normalized spacial score (nSPS) is 13.2. The molecule has 4 nitrogen and oxygen atoms in total. The van der Waals surface area contributed by atoms with Gasteiger partial charge in [-0.15, -0.1) is 0 Å². The van der Waals surface area contributed by atoms with Gasteiger partial charge in [-0.3, -0.25) is 4.79 Å². The maximum atomic E-state index is 11.7. The Bertz CT molecular complexity index is 576. The molecule has 0 spiro atoms. The Balaban J connectivity index is 3.42. The number of hydrogen-bond donors (Lipinski definition) is 3. The molecule has 2 atom stereocenters. The molecule has 0 rings (SSSR count). The van der Waals surface area contributed by atoms with Crippen LogP contribution in [0.5, 0.6) is 0 Å². The third-order valence-electron chi connectivity index (χ3n) is 9.21. The van der Waals surface area contributed by atoms with Crippen molar-refractivity contribution in [1.29, 1.82) is 0 Å². The number of aliphatic hydroxyl groups is 2. The molecule has 4 heteroatoms. The number of carboxylic acid groups (broad SMARTS) is 1. The molecule has 0 aliphatic heterocycles. The Morgan fingerprint density at radius 1 is 0.488 bits per heavy atom. The first-order valence-electron chi connectivity index (χ1n) is 19.3. The van der Waals surface area contributed by atoms with Crippen LogP contribution in [-0.4, -0.2) is 34.0 Å². The highest BCUT2D eigenvalue weighted by molar-refractivity contribution is 5.69. The summed E-state index contributed by atoms with van der Waals surface area (Å²) in [4.78, 5) is 11.7. The van der Waals surface area contributed by atoms with E-state index < -0.39 is 12.1 Å². The molecule has 43 heavy (non-hydrogen) atoms. The average Bonchev–Trinajstić information content (AvgIpc) is 3.00. The molecule has 0 radical (unpaired) electrons. The molecule has 0 saturated heterocycles. The molecule has 0 aromatic carbocycles. The standard InChI is InChI=1S/C39H76O4/c1-2-3-4-5-6-7-8-9-15-18-21-24-27-30-33-37(39(42)43)34-31-28-25-22-19-16-13-11-10-12-14-17-20-23-26-29-32-35-38(41)36-40/h10-11,37-38,40-41H,2-9,12-36H2,1H3,(H,42,43). The van der Waals surface area contributed by atoms with Gasteiger partial charge in [-0.05, 0) is 44.9 Å². The predicted molar refractivity (Wildman–Crippen MR) is 187 cm³/mol. The number of unbranched alkanes of at least 4 members (excludes halogenated alkanes) is 26. The first-order chi connectivity index (χ1) is 21.1. The Hall–Kier alpha value is -0.870. The van der Waals surface area contributed by atoms with Crippen LogP contribution < -0.4 is 0 Å². The van der Waals surface area contributed by atoms with Crippen LogP contribution in [0.3, 0.4) is 0 Å². The number of allylic oxidation sites excluding steroid dienone is 2. The minimum atomic E-state index is -0.576. The van der Waals surface area contributed by atoms with Gasteiger partial charge in [0.25, 0.3) is 0 Å². The lowest BCUT2D eigenvalue weighted by molar-refractivity contribution is -0.142. The molecule has 0 aromatic rings. The summed E-state index contributed by atoms with van der Waals surface area (Å²) in [5.74, 6) is -0.701. The van der Waals surface area contributed by atoms with Crippen LogP contribution in [0.1, 0.15) is 212 Å². The predicted octanol–water partition coefficient (Wildman–Crippen LogP) is 12.1. The summed E-state index contributed by atoms with van der Waals surface area (Å²) >= 11 is 0. The van der Waals surface area contributed by atoms with E-state index in [4.69, 9.17) is 5.11 Å². The molecular formula is C39H76O4. The Labute approximate surface area is 268 Å². The van der Waals surface area contributed by atoms with Crippen LogP contribution in [0.2, 0.25) is 0 Å². The van der Waals surface area contributed by atoms with Crippen LogP contribution >= 0.6 is 0 Å². The second-order valence-electron chi connectivity index (χ2n) is 13.5. The average molecular weight is 609 g/mol. The molecule has 0 aliphatic carbocycles. The van der Waals surface area contributed by atoms with Crippen LogP contribution in [0.15, 0.2) is 12.2 Å². The van der Waals surface area contributed by atoms with Crippen molar-refractivity contribution < 1.29 is 20.1 Å². The third-order valence-corrected chi connectivity index (χ3v) is 9.21. The summed E-state index contributed by atoms with van der Waals surface area (Å²) in [6, 6.07) is 0. The third kappa shape index (κ3) is 33.9. The van der Waals surface area contributed by atoms with E-state index >= 15 is 0 Å². The van der Waals surface area contributed by atoms with Crippen molar-refractivity contribution in [3.8, 4) is 0 Å². The zero-order valence-corrected chi connectivity index (χ0v) is 28.9. The number of aliphatic hydroxyl groups excluding tert-OH is 2. The largest absolute Gasteiger partial charge is 0.481 e. The second-order valence-corrected chi connectivity index (χ2v) is 13.5. The molecule has 256 valence electrons. The Kier molecular flexibility index (Phi) is 34.9. The van der Waals surface area contributed by atoms with Crippen molar-refractivity contribution >= 4 is 5.97 Å². The lowest BCUT2D eigenvalue weighted by Gasteiger charge is -2.12. The summed E-state index contributed by atoms with van der Waals surface area (Å²) in [7, 11) is 0. The van der Waals surface area contributed by atoms with Gasteiger partial charge in [0.15, 0.2) is 0 Å². The first kappa shape index (κ1) is 42.1. The summed E-state index contributed by atoms with van der Waals surface area (Å²) in [6.07, 6.45) is 43.9. The van der Waals surface area contributed by atoms with E-state index in [9.17, 15) is 15.0 Å². The fourth-order valence-electron chi connectivity index (χ4n) is 6.19. The number of hydrogen-bond acceptors (Lipinski definition) is 3. The van der Waals surface area contributed by atoms with Crippen LogP contribution in [0.25, 0.3) is 0 Å². The molecule has 0 aromatic heterocycles. The molecule has 0 aliphatic rings. The topological polar surface area (TPSA) is 77.8 Å². The van der Waals surface area contributed by atoms with Crippen LogP contribution in [0, 0.1) is 5.92 Å². The smallest absolute Gasteiger partial charge is 0.306 e. The maximum absolute atomic E-state index is 11.7. The highest BCUT2D eigenvalue weighted by Crippen LogP contribution is 2.20. The summed E-state index contributed by atoms with van der Waals surface area (Å²) < 4.78 is 0. The monoisotopic (exact) mass is 609 g/mol. The highest BCUT2D eigenvalue weighted by Gasteiger charge is 2.16. The van der Waals surface area contributed by atoms with E-state index in [0.717, 1.165) is 38.5 Å². The van der Waals surface area contributed by atoms with Gasteiger partial charge in [-0.2, -0.15) is 0 Å². The fraction of sp³-hybridized carbons (Fsp3) is 0.923. The molecule has 0 bridgehead atoms. The molecule has 0 amide bonds. The van der Waals surface area contributed by atoms with Crippen LogP contribution in [-0.2, 0) is 4.79 Å². The SMILES string of the molecule is CCCCCCCCCCCCCCCCC(CCCCCCCCC=CCCCCCCCCCC(O)CO)C(=O)O. The lowest BCUT2D eigenvalue weighted by Crippen LogP contribution is -2.13. The molecule has 0 heterocycles. The van der Waals surface area contributed by atoms with Crippen molar-refractivity contribution in [1.82, 2.24) is 0 Å². The van der Waals surface area contributed by atoms with Crippen molar-refractivity contribution in [2.45, 2.75) is 218 Å². The quantitative estimate of drug-likeness (QED) is 0.0488. The van der Waals surface area contributed by atoms with E-state index in [1.807, 2.05) is 0 Å². The van der Waals surface area contributed by atoms with Crippen molar-refractivity contribution in [2.75, 3.05) is 6.61 Å². The van der Waals surface area contributed by atoms with Gasteiger partial charge in [0.05, 0.1) is 18.6 Å². The van der Waals surface area contributed by atoms with E-state index in [-0.39, 0.29) is 12.5 Å². The summed E-state index contributed by atoms with van der Waals surface area (Å²) in [6.45, 7) is 2.17. The van der Waals surface area contributed by atoms with Gasteiger partial charge in [-0.25, -0.2) is 0 Å². The molecule has 0 saturated carbocycles. The summed E-state index contributed by atoms with van der Waals surface area (Å²) in [5.41, 5.74) is 0. The number of aliphatic carboxylic acids is 1. The van der Waals surface area contributed by atoms with Crippen molar-refractivity contribution in [3.05, 3.63) is 12.2 Å². The minimum Gasteiger partial charge on any atom is -0.481 e. The fourth-order valence-corrected chi connectivity index (χ4v) is 6.19. The van der Waals surface area contributed by atoms with Gasteiger partial charge in [0.1, 0.15) is 0 Å². The molecular weight excluding hydrogens is 532 g/mol. The van der Waals surface area contributed by atoms with Gasteiger partial charge in [0.2, 0.25) is 0 Å². The van der Waals surface area contributed by atoms with Gasteiger partial charge < -0.3 is 15.3 Å². The number of carbonyl (C=O) groups is 1. The zero-order valence-electron chi connectivity index (χ0n) is 28.9. The molecule has 0 fully saturated rings. The van der Waals surface area contributed by atoms with E-state index in [1.165, 1.54) is 167 Å². The van der Waals surface area contributed by atoms with E-state index in [0.29, 0.717) is 0 Å².